The maximum absolute atomic E-state index is 13.4. The van der Waals surface area contributed by atoms with Crippen LogP contribution in [0.15, 0.2) is 48.5 Å². The fourth-order valence-electron chi connectivity index (χ4n) is 3.58. The number of aryl methyl sites for hydroxylation is 1. The summed E-state index contributed by atoms with van der Waals surface area (Å²) >= 11 is 0. The van der Waals surface area contributed by atoms with Crippen molar-refractivity contribution >= 4 is 5.91 Å². The highest BCUT2D eigenvalue weighted by atomic mass is 19.1. The first-order chi connectivity index (χ1) is 13.0. The lowest BCUT2D eigenvalue weighted by Crippen LogP contribution is -2.58. The number of halogens is 1. The molecule has 144 valence electrons. The third kappa shape index (κ3) is 4.93. The van der Waals surface area contributed by atoms with Crippen LogP contribution in [0.3, 0.4) is 0 Å². The first-order valence-corrected chi connectivity index (χ1v) is 9.49. The maximum Gasteiger partial charge on any atom is 0.255 e. The lowest BCUT2D eigenvalue weighted by molar-refractivity contribution is -0.156. The molecule has 27 heavy (non-hydrogen) atoms. The molecule has 5 heteroatoms. The van der Waals surface area contributed by atoms with E-state index in [1.807, 2.05) is 30.3 Å². The number of nitrogens with one attached hydrogen (secondary N) is 1. The molecule has 1 saturated heterocycles. The second-order valence-corrected chi connectivity index (χ2v) is 7.35. The van der Waals surface area contributed by atoms with E-state index in [1.54, 1.807) is 24.0 Å². The summed E-state index contributed by atoms with van der Waals surface area (Å²) in [6, 6.07) is 15.0. The smallest absolute Gasteiger partial charge is 0.255 e. The number of amides is 1. The fraction of sp³-hybridized carbons (Fsp3) is 0.409. The van der Waals surface area contributed by atoms with E-state index < -0.39 is 5.60 Å². The van der Waals surface area contributed by atoms with Crippen molar-refractivity contribution in [3.8, 4) is 0 Å². The molecule has 0 saturated carbocycles. The van der Waals surface area contributed by atoms with Gasteiger partial charge in [-0.15, -0.1) is 0 Å². The number of aliphatic hydroxyl groups is 1. The summed E-state index contributed by atoms with van der Waals surface area (Å²) in [5, 5.41) is 14.0. The van der Waals surface area contributed by atoms with Gasteiger partial charge in [-0.2, -0.15) is 0 Å². The lowest BCUT2D eigenvalue weighted by Gasteiger charge is -2.38. The molecular weight excluding hydrogens is 343 g/mol. The summed E-state index contributed by atoms with van der Waals surface area (Å²) in [7, 11) is 0. The number of hydrogen-bond donors (Lipinski definition) is 2. The molecule has 2 N–H and O–H groups in total. The molecule has 1 atom stereocenters. The molecule has 0 radical (unpaired) electrons. The molecule has 1 fully saturated rings. The second-order valence-electron chi connectivity index (χ2n) is 7.35. The van der Waals surface area contributed by atoms with Gasteiger partial charge in [0.15, 0.2) is 5.60 Å². The Balaban J connectivity index is 1.54. The van der Waals surface area contributed by atoms with E-state index >= 15 is 0 Å². The van der Waals surface area contributed by atoms with Crippen molar-refractivity contribution in [3.05, 3.63) is 71.0 Å². The molecule has 0 bridgehead atoms. The molecule has 0 spiro atoms. The Morgan fingerprint density at radius 1 is 1.19 bits per heavy atom. The molecule has 1 amide bonds. The number of nitrogens with zero attached hydrogens (tertiary/aromatic N) is 1. The molecule has 0 aliphatic carbocycles. The topological polar surface area (TPSA) is 52.6 Å². The van der Waals surface area contributed by atoms with Crippen molar-refractivity contribution in [2.24, 2.45) is 0 Å². The zero-order valence-electron chi connectivity index (χ0n) is 15.7. The Hall–Kier alpha value is -2.24. The van der Waals surface area contributed by atoms with E-state index in [4.69, 9.17) is 0 Å². The summed E-state index contributed by atoms with van der Waals surface area (Å²) in [4.78, 5) is 14.6. The number of hydrogen-bond acceptors (Lipinski definition) is 3. The average molecular weight is 370 g/mol. The highest BCUT2D eigenvalue weighted by molar-refractivity contribution is 5.86. The number of rotatable bonds is 7. The van der Waals surface area contributed by atoms with Gasteiger partial charge in [0.1, 0.15) is 5.82 Å². The number of carbonyl (C=O) groups excluding carboxylic acids is 1. The van der Waals surface area contributed by atoms with Crippen LogP contribution in [0.2, 0.25) is 0 Å². The van der Waals surface area contributed by atoms with Crippen LogP contribution in [-0.4, -0.2) is 41.1 Å². The van der Waals surface area contributed by atoms with Gasteiger partial charge >= 0.3 is 0 Å². The summed E-state index contributed by atoms with van der Waals surface area (Å²) in [6.07, 6.45) is 2.03. The summed E-state index contributed by atoms with van der Waals surface area (Å²) in [6.45, 7) is 3.71. The summed E-state index contributed by atoms with van der Waals surface area (Å²) < 4.78 is 13.4. The Morgan fingerprint density at radius 3 is 2.70 bits per heavy atom. The van der Waals surface area contributed by atoms with Crippen LogP contribution in [-0.2, 0) is 17.8 Å². The van der Waals surface area contributed by atoms with Crippen molar-refractivity contribution in [1.82, 2.24) is 10.2 Å². The Bertz CT molecular complexity index is 781. The maximum atomic E-state index is 13.4. The predicted octanol–water partition coefficient (Wildman–Crippen LogP) is 2.82. The monoisotopic (exact) mass is 370 g/mol. The normalized spacial score (nSPS) is 20.1. The molecule has 0 unspecified atom stereocenters. The van der Waals surface area contributed by atoms with Gasteiger partial charge in [-0.05, 0) is 48.9 Å². The summed E-state index contributed by atoms with van der Waals surface area (Å²) in [5.74, 6) is -0.429. The zero-order valence-corrected chi connectivity index (χ0v) is 15.7. The highest BCUT2D eigenvalue weighted by Crippen LogP contribution is 2.23. The van der Waals surface area contributed by atoms with Crippen LogP contribution in [0.4, 0.5) is 4.39 Å². The first-order valence-electron chi connectivity index (χ1n) is 9.49. The van der Waals surface area contributed by atoms with Crippen molar-refractivity contribution in [2.45, 2.75) is 38.3 Å². The third-order valence-corrected chi connectivity index (χ3v) is 5.19. The van der Waals surface area contributed by atoms with Gasteiger partial charge in [-0.25, -0.2) is 4.39 Å². The van der Waals surface area contributed by atoms with E-state index in [9.17, 15) is 14.3 Å². The van der Waals surface area contributed by atoms with E-state index in [2.05, 4.69) is 5.32 Å². The van der Waals surface area contributed by atoms with Gasteiger partial charge in [0.05, 0.1) is 0 Å². The van der Waals surface area contributed by atoms with Crippen LogP contribution in [0.5, 0.6) is 0 Å². The molecule has 2 aromatic rings. The minimum Gasteiger partial charge on any atom is -0.379 e. The van der Waals surface area contributed by atoms with Gasteiger partial charge < -0.3 is 15.3 Å². The van der Waals surface area contributed by atoms with Crippen LogP contribution in [0.25, 0.3) is 0 Å². The van der Waals surface area contributed by atoms with E-state index in [-0.39, 0.29) is 18.3 Å². The van der Waals surface area contributed by atoms with Crippen molar-refractivity contribution in [1.29, 1.82) is 0 Å². The Morgan fingerprint density at radius 2 is 1.96 bits per heavy atom. The number of piperidine rings is 1. The molecule has 1 heterocycles. The standard InChI is InChI=1S/C22H27FN2O2/c1-17-14-19(8-9-20(17)23)15-24-16-22(27)11-5-12-25(21(22)26)13-10-18-6-3-2-4-7-18/h2-4,6-9,14,24,27H,5,10-13,15-16H2,1H3/t22-/m0/s1. The van der Waals surface area contributed by atoms with Crippen LogP contribution >= 0.6 is 0 Å². The van der Waals surface area contributed by atoms with E-state index in [0.29, 0.717) is 31.6 Å². The third-order valence-electron chi connectivity index (χ3n) is 5.19. The Labute approximate surface area is 160 Å². The average Bonchev–Trinajstić information content (AvgIpc) is 2.67. The minimum absolute atomic E-state index is 0.199. The zero-order chi connectivity index (χ0) is 19.3. The second kappa shape index (κ2) is 8.63. The molecule has 4 nitrogen and oxygen atoms in total. The van der Waals surface area contributed by atoms with E-state index in [0.717, 1.165) is 18.4 Å². The van der Waals surface area contributed by atoms with Gasteiger partial charge in [0, 0.05) is 26.2 Å². The molecule has 1 aliphatic rings. The van der Waals surface area contributed by atoms with Gasteiger partial charge in [-0.1, -0.05) is 42.5 Å². The number of carbonyl (C=O) groups is 1. The van der Waals surface area contributed by atoms with Gasteiger partial charge in [-0.3, -0.25) is 4.79 Å². The van der Waals surface area contributed by atoms with Crippen molar-refractivity contribution in [3.63, 3.8) is 0 Å². The molecule has 1 aliphatic heterocycles. The quantitative estimate of drug-likeness (QED) is 0.788. The predicted molar refractivity (Wildman–Crippen MR) is 104 cm³/mol. The van der Waals surface area contributed by atoms with Gasteiger partial charge in [0.2, 0.25) is 0 Å². The van der Waals surface area contributed by atoms with Crippen LogP contribution in [0, 0.1) is 12.7 Å². The molecular formula is C22H27FN2O2. The first kappa shape index (κ1) is 19.5. The Kier molecular flexibility index (Phi) is 6.24. The largest absolute Gasteiger partial charge is 0.379 e. The van der Waals surface area contributed by atoms with Crippen LogP contribution < -0.4 is 5.32 Å². The molecule has 0 aromatic heterocycles. The summed E-state index contributed by atoms with van der Waals surface area (Å²) in [5.41, 5.74) is 1.34. The fourth-order valence-corrected chi connectivity index (χ4v) is 3.58. The number of likely N-dealkylation sites (tertiary alicyclic amines) is 1. The molecule has 2 aromatic carbocycles. The molecule has 3 rings (SSSR count). The van der Waals surface area contributed by atoms with E-state index in [1.165, 1.54) is 11.6 Å². The number of benzene rings is 2. The van der Waals surface area contributed by atoms with Crippen molar-refractivity contribution in [2.75, 3.05) is 19.6 Å². The minimum atomic E-state index is -1.37. The SMILES string of the molecule is Cc1cc(CNC[C@@]2(O)CCCN(CCc3ccccc3)C2=O)ccc1F. The van der Waals surface area contributed by atoms with Crippen molar-refractivity contribution < 1.29 is 14.3 Å². The lowest BCUT2D eigenvalue weighted by atomic mass is 9.91. The van der Waals surface area contributed by atoms with Gasteiger partial charge in [0.25, 0.3) is 5.91 Å². The van der Waals surface area contributed by atoms with Crippen LogP contribution in [0.1, 0.15) is 29.5 Å². The highest BCUT2D eigenvalue weighted by Gasteiger charge is 2.41.